The van der Waals surface area contributed by atoms with Crippen molar-refractivity contribution in [2.75, 3.05) is 19.8 Å². The van der Waals surface area contributed by atoms with Crippen LogP contribution in [0.2, 0.25) is 0 Å². The minimum atomic E-state index is -0.375. The van der Waals surface area contributed by atoms with Gasteiger partial charge in [-0.05, 0) is 56.4 Å². The van der Waals surface area contributed by atoms with Gasteiger partial charge in [0.15, 0.2) is 0 Å². The highest BCUT2D eigenvalue weighted by molar-refractivity contribution is 5.89. The first-order chi connectivity index (χ1) is 11.7. The first kappa shape index (κ1) is 19.7. The molecule has 0 aromatic heterocycles. The summed E-state index contributed by atoms with van der Waals surface area (Å²) in [5.41, 5.74) is 0.532. The maximum atomic E-state index is 11.7. The highest BCUT2D eigenvalue weighted by atomic mass is 16.5. The quantitative estimate of drug-likeness (QED) is 0.329. The van der Waals surface area contributed by atoms with Crippen molar-refractivity contribution in [3.8, 4) is 5.75 Å². The largest absolute Gasteiger partial charge is 0.494 e. The number of ether oxygens (including phenoxy) is 3. The van der Waals surface area contributed by atoms with Crippen LogP contribution in [0, 0.1) is 0 Å². The Balaban J connectivity index is 2.12. The maximum Gasteiger partial charge on any atom is 0.338 e. The Labute approximate surface area is 143 Å². The molecule has 0 atom stereocenters. The second-order valence-corrected chi connectivity index (χ2v) is 5.29. The minimum Gasteiger partial charge on any atom is -0.494 e. The number of esters is 2. The van der Waals surface area contributed by atoms with Gasteiger partial charge in [0.05, 0.1) is 25.4 Å². The van der Waals surface area contributed by atoms with Crippen molar-refractivity contribution in [3.05, 3.63) is 42.5 Å². The number of carbonyl (C=O) groups excluding carboxylic acids is 2. The fourth-order valence-electron chi connectivity index (χ4n) is 1.94. The van der Waals surface area contributed by atoms with Crippen molar-refractivity contribution in [2.24, 2.45) is 0 Å². The minimum absolute atomic E-state index is 0.305. The number of benzene rings is 1. The van der Waals surface area contributed by atoms with Crippen LogP contribution in [0.15, 0.2) is 36.9 Å². The van der Waals surface area contributed by atoms with Gasteiger partial charge < -0.3 is 14.2 Å². The lowest BCUT2D eigenvalue weighted by molar-refractivity contribution is -0.137. The SMILES string of the molecule is C=CC(=O)OCCCCCCOc1ccc(C(=O)OCCC)cc1. The number of rotatable bonds is 12. The molecule has 0 aliphatic heterocycles. The number of hydrogen-bond acceptors (Lipinski definition) is 5. The van der Waals surface area contributed by atoms with Crippen molar-refractivity contribution in [3.63, 3.8) is 0 Å². The van der Waals surface area contributed by atoms with Gasteiger partial charge in [-0.15, -0.1) is 0 Å². The third-order valence-electron chi connectivity index (χ3n) is 3.25. The molecule has 0 aliphatic carbocycles. The fourth-order valence-corrected chi connectivity index (χ4v) is 1.94. The zero-order valence-corrected chi connectivity index (χ0v) is 14.3. The molecule has 5 nitrogen and oxygen atoms in total. The van der Waals surface area contributed by atoms with Gasteiger partial charge in [-0.25, -0.2) is 9.59 Å². The van der Waals surface area contributed by atoms with Gasteiger partial charge in [0.1, 0.15) is 5.75 Å². The molecular formula is C19H26O5. The van der Waals surface area contributed by atoms with E-state index in [1.807, 2.05) is 6.92 Å². The molecule has 1 rings (SSSR count). The molecule has 5 heteroatoms. The van der Waals surface area contributed by atoms with E-state index in [-0.39, 0.29) is 11.9 Å². The summed E-state index contributed by atoms with van der Waals surface area (Å²) in [5.74, 6) is 0.0582. The predicted molar refractivity (Wildman–Crippen MR) is 92.1 cm³/mol. The molecule has 0 heterocycles. The fraction of sp³-hybridized carbons (Fsp3) is 0.474. The molecule has 0 saturated heterocycles. The molecule has 0 aliphatic rings. The van der Waals surface area contributed by atoms with E-state index in [0.29, 0.717) is 25.4 Å². The van der Waals surface area contributed by atoms with Crippen molar-refractivity contribution in [2.45, 2.75) is 39.0 Å². The highest BCUT2D eigenvalue weighted by Crippen LogP contribution is 2.14. The Kier molecular flexibility index (Phi) is 10.0. The molecule has 0 radical (unpaired) electrons. The van der Waals surface area contributed by atoms with E-state index >= 15 is 0 Å². The van der Waals surface area contributed by atoms with Crippen LogP contribution in [0.4, 0.5) is 0 Å². The zero-order chi connectivity index (χ0) is 17.6. The normalized spacial score (nSPS) is 10.0. The topological polar surface area (TPSA) is 61.8 Å². The van der Waals surface area contributed by atoms with Gasteiger partial charge in [0, 0.05) is 6.08 Å². The summed E-state index contributed by atoms with van der Waals surface area (Å²) in [6, 6.07) is 6.97. The summed E-state index contributed by atoms with van der Waals surface area (Å²) in [6.45, 7) is 6.78. The maximum absolute atomic E-state index is 11.7. The molecule has 132 valence electrons. The lowest BCUT2D eigenvalue weighted by Crippen LogP contribution is -2.06. The number of hydrogen-bond donors (Lipinski definition) is 0. The van der Waals surface area contributed by atoms with Crippen LogP contribution >= 0.6 is 0 Å². The Morgan fingerprint density at radius 2 is 1.62 bits per heavy atom. The molecule has 0 N–H and O–H groups in total. The van der Waals surface area contributed by atoms with Crippen LogP contribution in [0.1, 0.15) is 49.4 Å². The van der Waals surface area contributed by atoms with Crippen LogP contribution in [-0.4, -0.2) is 31.8 Å². The monoisotopic (exact) mass is 334 g/mol. The Morgan fingerprint density at radius 3 is 2.25 bits per heavy atom. The Hall–Kier alpha value is -2.30. The van der Waals surface area contributed by atoms with E-state index in [1.165, 1.54) is 6.08 Å². The molecule has 0 saturated carbocycles. The van der Waals surface area contributed by atoms with Crippen LogP contribution in [0.3, 0.4) is 0 Å². The van der Waals surface area contributed by atoms with E-state index in [4.69, 9.17) is 14.2 Å². The summed E-state index contributed by atoms with van der Waals surface area (Å²) in [6.07, 6.45) is 5.74. The van der Waals surface area contributed by atoms with Crippen molar-refractivity contribution < 1.29 is 23.8 Å². The molecule has 0 unspecified atom stereocenters. The van der Waals surface area contributed by atoms with E-state index in [9.17, 15) is 9.59 Å². The summed E-state index contributed by atoms with van der Waals surface area (Å²) in [7, 11) is 0. The summed E-state index contributed by atoms with van der Waals surface area (Å²) in [4.78, 5) is 22.5. The molecule has 0 bridgehead atoms. The van der Waals surface area contributed by atoms with Gasteiger partial charge in [-0.1, -0.05) is 13.5 Å². The average molecular weight is 334 g/mol. The summed E-state index contributed by atoms with van der Waals surface area (Å²) < 4.78 is 15.6. The van der Waals surface area contributed by atoms with Gasteiger partial charge in [-0.3, -0.25) is 0 Å². The van der Waals surface area contributed by atoms with Crippen LogP contribution in [-0.2, 0) is 14.3 Å². The van der Waals surface area contributed by atoms with Crippen molar-refractivity contribution >= 4 is 11.9 Å². The number of unbranched alkanes of at least 4 members (excludes halogenated alkanes) is 3. The lowest BCUT2D eigenvalue weighted by Gasteiger charge is -2.07. The van der Waals surface area contributed by atoms with Gasteiger partial charge in [-0.2, -0.15) is 0 Å². The van der Waals surface area contributed by atoms with E-state index in [2.05, 4.69) is 6.58 Å². The second kappa shape index (κ2) is 12.2. The third kappa shape index (κ3) is 8.36. The summed E-state index contributed by atoms with van der Waals surface area (Å²) in [5, 5.41) is 0. The standard InChI is InChI=1S/C19H26O5/c1-3-13-24-19(21)16-9-11-17(12-10-16)22-14-7-5-6-8-15-23-18(20)4-2/h4,9-12H,2-3,5-8,13-15H2,1H3. The predicted octanol–water partition coefficient (Wildman–Crippen LogP) is 3.92. The van der Waals surface area contributed by atoms with Crippen molar-refractivity contribution in [1.82, 2.24) is 0 Å². The molecule has 1 aromatic carbocycles. The van der Waals surface area contributed by atoms with Gasteiger partial charge >= 0.3 is 11.9 Å². The smallest absolute Gasteiger partial charge is 0.338 e. The first-order valence-electron chi connectivity index (χ1n) is 8.36. The van der Waals surface area contributed by atoms with Crippen LogP contribution < -0.4 is 4.74 Å². The zero-order valence-electron chi connectivity index (χ0n) is 14.3. The van der Waals surface area contributed by atoms with Crippen LogP contribution in [0.5, 0.6) is 5.75 Å². The molecule has 24 heavy (non-hydrogen) atoms. The second-order valence-electron chi connectivity index (χ2n) is 5.29. The lowest BCUT2D eigenvalue weighted by atomic mass is 10.2. The molecule has 0 fully saturated rings. The van der Waals surface area contributed by atoms with E-state index in [0.717, 1.165) is 37.9 Å². The molecule has 0 amide bonds. The molecule has 0 spiro atoms. The van der Waals surface area contributed by atoms with Gasteiger partial charge in [0.25, 0.3) is 0 Å². The van der Waals surface area contributed by atoms with Gasteiger partial charge in [0.2, 0.25) is 0 Å². The Bertz CT molecular complexity index is 507. The van der Waals surface area contributed by atoms with Crippen LogP contribution in [0.25, 0.3) is 0 Å². The third-order valence-corrected chi connectivity index (χ3v) is 3.25. The number of carbonyl (C=O) groups is 2. The molecular weight excluding hydrogens is 308 g/mol. The first-order valence-corrected chi connectivity index (χ1v) is 8.36. The summed E-state index contributed by atoms with van der Waals surface area (Å²) >= 11 is 0. The van der Waals surface area contributed by atoms with E-state index < -0.39 is 0 Å². The molecule has 1 aromatic rings. The van der Waals surface area contributed by atoms with E-state index in [1.54, 1.807) is 24.3 Å². The average Bonchev–Trinajstić information content (AvgIpc) is 2.62. The van der Waals surface area contributed by atoms with Crippen molar-refractivity contribution in [1.29, 1.82) is 0 Å². The highest BCUT2D eigenvalue weighted by Gasteiger charge is 2.06. The Morgan fingerprint density at radius 1 is 0.958 bits per heavy atom.